The minimum absolute atomic E-state index is 0.195. The Morgan fingerprint density at radius 3 is 0.674 bits per heavy atom. The maximum atomic E-state index is 2.41. The Kier molecular flexibility index (Phi) is 24.8. The second-order valence-electron chi connectivity index (χ2n) is 40.2. The van der Waals surface area contributed by atoms with Crippen LogP contribution in [-0.4, -0.2) is 0 Å². The second kappa shape index (κ2) is 38.1. The average molecular weight is 1810 g/mol. The molecule has 684 valence electrons. The van der Waals surface area contributed by atoms with Gasteiger partial charge < -0.3 is 0 Å². The van der Waals surface area contributed by atoms with Gasteiger partial charge in [-0.3, -0.25) is 0 Å². The maximum Gasteiger partial charge on any atom is 0.0725 e. The maximum absolute atomic E-state index is 2.41. The molecule has 27 rings (SSSR count). The van der Waals surface area contributed by atoms with E-state index in [9.17, 15) is 0 Å². The van der Waals surface area contributed by atoms with Crippen LogP contribution < -0.4 is 0 Å². The lowest BCUT2D eigenvalue weighted by Crippen LogP contribution is -2.26. The van der Waals surface area contributed by atoms with Gasteiger partial charge in [0.05, 0.1) is 16.2 Å². The van der Waals surface area contributed by atoms with Gasteiger partial charge in [0.15, 0.2) is 0 Å². The van der Waals surface area contributed by atoms with Crippen molar-refractivity contribution in [3.05, 3.63) is 616 Å². The predicted molar refractivity (Wildman–Crippen MR) is 599 cm³/mol. The van der Waals surface area contributed by atoms with Crippen LogP contribution in [0.25, 0.3) is 99.4 Å². The molecule has 0 fully saturated rings. The van der Waals surface area contributed by atoms with Gasteiger partial charge in [-0.25, -0.2) is 0 Å². The molecule has 0 aromatic heterocycles. The lowest BCUT2D eigenvalue weighted by Gasteiger charge is -2.30. The molecule has 0 bridgehead atoms. The van der Waals surface area contributed by atoms with Crippen molar-refractivity contribution in [3.63, 3.8) is 0 Å². The summed E-state index contributed by atoms with van der Waals surface area (Å²) in [6, 6.07) is 165. The topological polar surface area (TPSA) is 0 Å². The Hall–Kier alpha value is -15.9. The van der Waals surface area contributed by atoms with E-state index < -0.39 is 0 Å². The van der Waals surface area contributed by atoms with Crippen molar-refractivity contribution in [3.8, 4) is 77.9 Å². The summed E-state index contributed by atoms with van der Waals surface area (Å²) < 4.78 is 0. The Morgan fingerprint density at radius 2 is 0.362 bits per heavy atom. The fourth-order valence-electron chi connectivity index (χ4n) is 23.8. The Balaban J connectivity index is 0.000000100. The highest BCUT2D eigenvalue weighted by atomic mass is 14.6. The number of benzene rings is 21. The Bertz CT molecular complexity index is 8000. The number of aryl methyl sites for hydroxylation is 14. The predicted octanol–water partition coefficient (Wildman–Crippen LogP) is 36.3. The minimum atomic E-state index is -0.199. The summed E-state index contributed by atoms with van der Waals surface area (Å²) in [7, 11) is 0. The van der Waals surface area contributed by atoms with Crippen molar-refractivity contribution < 1.29 is 0 Å². The molecule has 3 spiro atoms. The molecule has 0 radical (unpaired) electrons. The molecule has 0 saturated carbocycles. The Labute approximate surface area is 835 Å². The van der Waals surface area contributed by atoms with Crippen molar-refractivity contribution in [1.29, 1.82) is 0 Å². The highest BCUT2D eigenvalue weighted by Gasteiger charge is 2.55. The van der Waals surface area contributed by atoms with Crippen molar-refractivity contribution in [2.24, 2.45) is 0 Å². The Morgan fingerprint density at radius 1 is 0.135 bits per heavy atom. The summed E-state index contributed by atoms with van der Waals surface area (Å²) in [5.74, 6) is 0. The lowest BCUT2D eigenvalue weighted by molar-refractivity contribution is 0.791. The molecule has 0 saturated heterocycles. The summed E-state index contributed by atoms with van der Waals surface area (Å²) in [4.78, 5) is 0. The van der Waals surface area contributed by atoms with Crippen LogP contribution >= 0.6 is 0 Å². The monoisotopic (exact) mass is 1810 g/mol. The van der Waals surface area contributed by atoms with E-state index in [0.717, 1.165) is 12.8 Å². The van der Waals surface area contributed by atoms with Crippen molar-refractivity contribution in [2.45, 2.75) is 126 Å². The van der Waals surface area contributed by atoms with Crippen LogP contribution in [0, 0.1) is 96.9 Å². The fourth-order valence-corrected chi connectivity index (χ4v) is 23.8. The van der Waals surface area contributed by atoms with Gasteiger partial charge >= 0.3 is 0 Å². The molecule has 6 aliphatic carbocycles. The molecule has 21 aromatic carbocycles. The normalized spacial score (nSPS) is 13.5. The minimum Gasteiger partial charge on any atom is -0.0619 e. The number of fused-ring (bicyclic) bond motifs is 32. The molecular formula is C141H120. The zero-order valence-electron chi connectivity index (χ0n) is 83.6. The quantitative estimate of drug-likeness (QED) is 0.161. The molecule has 0 N–H and O–H groups in total. The van der Waals surface area contributed by atoms with Crippen LogP contribution in [0.5, 0.6) is 0 Å². The number of hydrogen-bond donors (Lipinski definition) is 0. The summed E-state index contributed by atoms with van der Waals surface area (Å²) >= 11 is 0. The second-order valence-corrected chi connectivity index (χ2v) is 40.2. The van der Waals surface area contributed by atoms with Crippen LogP contribution in [0.2, 0.25) is 0 Å². The molecule has 1 atom stereocenters. The highest BCUT2D eigenvalue weighted by molar-refractivity contribution is 6.00. The molecule has 0 amide bonds. The van der Waals surface area contributed by atoms with Crippen molar-refractivity contribution >= 4 is 21.5 Å². The van der Waals surface area contributed by atoms with Crippen LogP contribution in [-0.2, 0) is 29.1 Å². The van der Waals surface area contributed by atoms with E-state index in [1.54, 1.807) is 0 Å². The third-order valence-corrected chi connectivity index (χ3v) is 30.2. The van der Waals surface area contributed by atoms with E-state index in [1.807, 2.05) is 0 Å². The van der Waals surface area contributed by atoms with E-state index in [-0.39, 0.29) is 16.2 Å². The SMILES string of the molecule is Cc1ccc(Cc2ccc(C)c3ccccc23)c2ccccc12.Cc1ccc(Cc2ccc(C)cc2)cc1.Cc1ccc2c(c1)-c1cc(C)ccc1C21c2ccccc2-c2ccccc21.Cc1ccc2c(c1)-c1ccccc1C21c2ccccc2-c2ccc(C)cc21.Cc1ccc2c(c1)C1(c3ccccc3-2)c2ccccc2-c2ccc(C)cc21.Cc1cccc(-c2cccc(C)c2)c1.Cc1cccc(C)c1. The van der Waals surface area contributed by atoms with E-state index in [1.165, 1.54) is 266 Å². The van der Waals surface area contributed by atoms with Gasteiger partial charge in [0.25, 0.3) is 0 Å². The molecule has 0 nitrogen and oxygen atoms in total. The standard InChI is InChI=1S/3C27H20.C23H20.C15H16.C14H14.C8H10/c1-17-12-14-25-22(15-17)20-8-4-6-10-24(20)27(25)23-9-5-3-7-19(23)21-13-11-18(2)16-26(21)27;1-17-11-13-21-19-7-3-5-9-23(19)27(25(21)15-17)24-10-6-4-8-20(24)22-14-12-18(2)16-26(22)27;1-17-11-13-25-21(15-17)22-16-18(2)12-14-26(22)27(25)23-9-5-3-7-19(23)20-8-4-6-10-24(20)27;1-16-11-13-18(22-9-5-3-7-20(16)22)15-19-14-12-17(2)21-8-4-6-10-23(19)21;1-12-3-7-14(8-4-12)11-15-9-5-13(2)6-10-15;1-11-5-3-7-13(9-11)14-8-4-6-12(2)10-14;1-7-4-3-5-8(2)6-7/h3*3-16H,1-2H3;3-14H,15H2,1-2H3;3-10H,11H2,1-2H3;3-10H,1-2H3;3-6H,1-2H3. The molecule has 0 heterocycles. The average Bonchev–Trinajstić information content (AvgIpc) is 1.52. The van der Waals surface area contributed by atoms with Crippen molar-refractivity contribution in [1.82, 2.24) is 0 Å². The molecule has 0 aliphatic heterocycles. The third-order valence-electron chi connectivity index (χ3n) is 30.2. The summed E-state index contributed by atoms with van der Waals surface area (Å²) in [6.45, 7) is 30.3. The lowest BCUT2D eigenvalue weighted by atomic mass is 9.70. The highest BCUT2D eigenvalue weighted by Crippen LogP contribution is 2.67. The molecule has 6 aliphatic rings. The molecule has 1 unspecified atom stereocenters. The number of rotatable bonds is 5. The van der Waals surface area contributed by atoms with E-state index >= 15 is 0 Å². The molecule has 21 aromatic rings. The zero-order chi connectivity index (χ0) is 97.0. The van der Waals surface area contributed by atoms with Crippen molar-refractivity contribution in [2.75, 3.05) is 0 Å². The van der Waals surface area contributed by atoms with Crippen LogP contribution in [0.3, 0.4) is 0 Å². The summed E-state index contributed by atoms with van der Waals surface area (Å²) in [5.41, 5.74) is 59.7. The van der Waals surface area contributed by atoms with Gasteiger partial charge in [-0.1, -0.05) is 516 Å². The molecule has 141 heavy (non-hydrogen) atoms. The number of hydrogen-bond acceptors (Lipinski definition) is 0. The van der Waals surface area contributed by atoms with E-state index in [4.69, 9.17) is 0 Å². The molecular weight excluding hydrogens is 1690 g/mol. The van der Waals surface area contributed by atoms with Crippen LogP contribution in [0.15, 0.2) is 449 Å². The largest absolute Gasteiger partial charge is 0.0725 e. The summed E-state index contributed by atoms with van der Waals surface area (Å²) in [5, 5.41) is 5.47. The van der Waals surface area contributed by atoms with Crippen LogP contribution in [0.4, 0.5) is 0 Å². The first-order valence-electron chi connectivity index (χ1n) is 50.1. The smallest absolute Gasteiger partial charge is 0.0619 e. The van der Waals surface area contributed by atoms with E-state index in [0.29, 0.717) is 0 Å². The first kappa shape index (κ1) is 91.5. The first-order valence-corrected chi connectivity index (χ1v) is 50.1. The van der Waals surface area contributed by atoms with Gasteiger partial charge in [0.1, 0.15) is 0 Å². The van der Waals surface area contributed by atoms with Crippen LogP contribution in [0.1, 0.15) is 167 Å². The third kappa shape index (κ3) is 16.6. The first-order chi connectivity index (χ1) is 68.6. The zero-order valence-corrected chi connectivity index (χ0v) is 83.6. The van der Waals surface area contributed by atoms with Gasteiger partial charge in [0.2, 0.25) is 0 Å². The molecule has 0 heteroatoms. The fraction of sp³-hybridized carbons (Fsp3) is 0.135. The van der Waals surface area contributed by atoms with Gasteiger partial charge in [-0.2, -0.15) is 0 Å². The van der Waals surface area contributed by atoms with Gasteiger partial charge in [0, 0.05) is 0 Å². The summed E-state index contributed by atoms with van der Waals surface area (Å²) in [6.07, 6.45) is 2.00. The van der Waals surface area contributed by atoms with Gasteiger partial charge in [-0.15, -0.1) is 0 Å². The van der Waals surface area contributed by atoms with E-state index in [2.05, 4.69) is 546 Å². The van der Waals surface area contributed by atoms with Gasteiger partial charge in [-0.05, 0) is 309 Å².